The molecule has 0 aliphatic heterocycles. The monoisotopic (exact) mass is 432 g/mol. The van der Waals surface area contributed by atoms with Crippen LogP contribution in [0.1, 0.15) is 11.1 Å². The highest BCUT2D eigenvalue weighted by molar-refractivity contribution is 9.10. The van der Waals surface area contributed by atoms with Crippen molar-refractivity contribution in [1.82, 2.24) is 15.0 Å². The van der Waals surface area contributed by atoms with Gasteiger partial charge < -0.3 is 5.11 Å². The third-order valence-electron chi connectivity index (χ3n) is 4.29. The highest BCUT2D eigenvalue weighted by atomic mass is 79.9. The summed E-state index contributed by atoms with van der Waals surface area (Å²) >= 11 is 3.35. The second-order valence-corrected chi connectivity index (χ2v) is 7.25. The molecule has 1 aromatic heterocycles. The Morgan fingerprint density at radius 1 is 1.00 bits per heavy atom. The van der Waals surface area contributed by atoms with Gasteiger partial charge >= 0.3 is 0 Å². The average molecular weight is 433 g/mol. The van der Waals surface area contributed by atoms with Crippen molar-refractivity contribution in [3.05, 3.63) is 88.4 Å². The van der Waals surface area contributed by atoms with Gasteiger partial charge in [-0.15, -0.1) is 5.10 Å². The summed E-state index contributed by atoms with van der Waals surface area (Å²) in [5, 5.41) is 18.9. The second kappa shape index (κ2) is 7.78. The molecule has 0 unspecified atom stereocenters. The van der Waals surface area contributed by atoms with Gasteiger partial charge in [0.1, 0.15) is 11.4 Å². The molecule has 0 saturated heterocycles. The lowest BCUT2D eigenvalue weighted by Gasteiger charge is -2.05. The van der Waals surface area contributed by atoms with Gasteiger partial charge in [-0.05, 0) is 37.3 Å². The third kappa shape index (κ3) is 3.73. The van der Waals surface area contributed by atoms with Crippen molar-refractivity contribution in [3.8, 4) is 22.7 Å². The largest absolute Gasteiger partial charge is 0.507 e. The zero-order chi connectivity index (χ0) is 19.5. The summed E-state index contributed by atoms with van der Waals surface area (Å²) in [5.74, 6) is 0.742. The van der Waals surface area contributed by atoms with Crippen LogP contribution in [0.25, 0.3) is 16.9 Å². The van der Waals surface area contributed by atoms with Crippen LogP contribution >= 0.6 is 15.9 Å². The molecule has 0 saturated carbocycles. The predicted molar refractivity (Wildman–Crippen MR) is 115 cm³/mol. The molecular formula is C22H17BrN4O. The maximum absolute atomic E-state index is 10.2. The van der Waals surface area contributed by atoms with Crippen LogP contribution in [0.2, 0.25) is 0 Å². The molecule has 0 spiro atoms. The highest BCUT2D eigenvalue weighted by Crippen LogP contribution is 2.30. The summed E-state index contributed by atoms with van der Waals surface area (Å²) in [6, 6.07) is 23.1. The van der Waals surface area contributed by atoms with Crippen LogP contribution < -0.4 is 0 Å². The number of aromatic nitrogens is 3. The van der Waals surface area contributed by atoms with Crippen molar-refractivity contribution in [2.75, 3.05) is 0 Å². The summed E-state index contributed by atoms with van der Waals surface area (Å²) in [5.41, 5.74) is 4.24. The second-order valence-electron chi connectivity index (χ2n) is 6.34. The zero-order valence-corrected chi connectivity index (χ0v) is 16.7. The Bertz CT molecular complexity index is 1140. The van der Waals surface area contributed by atoms with Crippen molar-refractivity contribution in [2.24, 2.45) is 4.99 Å². The topological polar surface area (TPSA) is 63.3 Å². The molecule has 1 heterocycles. The Hall–Kier alpha value is -3.25. The molecule has 0 bridgehead atoms. The number of phenols is 1. The molecule has 3 aromatic carbocycles. The third-order valence-corrected chi connectivity index (χ3v) is 4.78. The van der Waals surface area contributed by atoms with Crippen molar-refractivity contribution in [1.29, 1.82) is 0 Å². The summed E-state index contributed by atoms with van der Waals surface area (Å²) in [7, 11) is 0. The quantitative estimate of drug-likeness (QED) is 0.435. The number of nitrogens with zero attached hydrogens (tertiary/aromatic N) is 4. The number of benzene rings is 3. The van der Waals surface area contributed by atoms with E-state index in [4.69, 9.17) is 0 Å². The fourth-order valence-electron chi connectivity index (χ4n) is 2.79. The van der Waals surface area contributed by atoms with Gasteiger partial charge in [-0.2, -0.15) is 4.68 Å². The minimum atomic E-state index is 0.147. The number of aliphatic imine (C=N–C) groups is 1. The molecule has 5 nitrogen and oxygen atoms in total. The number of hydrogen-bond acceptors (Lipinski definition) is 4. The minimum absolute atomic E-state index is 0.147. The summed E-state index contributed by atoms with van der Waals surface area (Å²) in [4.78, 5) is 4.64. The first-order valence-corrected chi connectivity index (χ1v) is 9.52. The van der Waals surface area contributed by atoms with Crippen LogP contribution in [0.5, 0.6) is 5.75 Å². The molecule has 0 radical (unpaired) electrons. The fraction of sp³-hybridized carbons (Fsp3) is 0.0455. The van der Waals surface area contributed by atoms with E-state index in [1.807, 2.05) is 67.6 Å². The van der Waals surface area contributed by atoms with E-state index in [1.165, 1.54) is 0 Å². The molecule has 0 atom stereocenters. The van der Waals surface area contributed by atoms with Crippen LogP contribution in [0.4, 0.5) is 5.82 Å². The Labute approximate surface area is 171 Å². The van der Waals surface area contributed by atoms with Gasteiger partial charge in [0.15, 0.2) is 5.82 Å². The van der Waals surface area contributed by atoms with E-state index < -0.39 is 0 Å². The van der Waals surface area contributed by atoms with Gasteiger partial charge in [0.05, 0.1) is 5.69 Å². The van der Waals surface area contributed by atoms with E-state index in [0.717, 1.165) is 21.3 Å². The summed E-state index contributed by atoms with van der Waals surface area (Å²) in [6.45, 7) is 2.04. The Morgan fingerprint density at radius 2 is 1.75 bits per heavy atom. The molecule has 0 aliphatic rings. The first-order chi connectivity index (χ1) is 13.6. The van der Waals surface area contributed by atoms with Crippen LogP contribution in [-0.4, -0.2) is 26.3 Å². The lowest BCUT2D eigenvalue weighted by molar-refractivity contribution is 0.474. The van der Waals surface area contributed by atoms with Crippen molar-refractivity contribution < 1.29 is 5.11 Å². The van der Waals surface area contributed by atoms with Crippen molar-refractivity contribution in [2.45, 2.75) is 6.92 Å². The lowest BCUT2D eigenvalue weighted by Crippen LogP contribution is -1.96. The number of aryl methyl sites for hydroxylation is 1. The Kier molecular flexibility index (Phi) is 5.04. The number of halogens is 1. The van der Waals surface area contributed by atoms with Gasteiger partial charge in [-0.1, -0.05) is 69.2 Å². The van der Waals surface area contributed by atoms with Gasteiger partial charge in [-0.3, -0.25) is 0 Å². The van der Waals surface area contributed by atoms with Crippen molar-refractivity contribution >= 4 is 28.0 Å². The maximum Gasteiger partial charge on any atom is 0.184 e. The number of aromatic hydroxyl groups is 1. The Balaban J connectivity index is 1.83. The number of phenolic OH excluding ortho intramolecular Hbond substituents is 1. The fourth-order valence-corrected chi connectivity index (χ4v) is 3.14. The van der Waals surface area contributed by atoms with Gasteiger partial charge in [0.25, 0.3) is 0 Å². The molecule has 28 heavy (non-hydrogen) atoms. The molecule has 0 amide bonds. The van der Waals surface area contributed by atoms with E-state index in [9.17, 15) is 5.11 Å². The van der Waals surface area contributed by atoms with E-state index >= 15 is 0 Å². The highest BCUT2D eigenvalue weighted by Gasteiger charge is 2.15. The van der Waals surface area contributed by atoms with Gasteiger partial charge in [0.2, 0.25) is 0 Å². The number of rotatable bonds is 4. The standard InChI is InChI=1S/C22H17BrN4O/c1-15-7-11-19(12-8-15)27-22(21(25-26-27)16-5-3-2-4-6-16)24-14-17-9-10-18(23)13-20(17)28/h2-14,28H,1H3/b24-14+. The summed E-state index contributed by atoms with van der Waals surface area (Å²) in [6.07, 6.45) is 1.62. The van der Waals surface area contributed by atoms with Gasteiger partial charge in [0, 0.05) is 21.8 Å². The van der Waals surface area contributed by atoms with Crippen LogP contribution in [0.3, 0.4) is 0 Å². The smallest absolute Gasteiger partial charge is 0.184 e. The first kappa shape index (κ1) is 18.1. The predicted octanol–water partition coefficient (Wildman–Crippen LogP) is 5.46. The molecule has 6 heteroatoms. The van der Waals surface area contributed by atoms with E-state index in [2.05, 4.69) is 31.2 Å². The summed E-state index contributed by atoms with van der Waals surface area (Å²) < 4.78 is 2.51. The molecule has 0 fully saturated rings. The van der Waals surface area contributed by atoms with Crippen LogP contribution in [0, 0.1) is 6.92 Å². The van der Waals surface area contributed by atoms with Gasteiger partial charge in [-0.25, -0.2) is 4.99 Å². The average Bonchev–Trinajstić information content (AvgIpc) is 3.12. The molecule has 1 N–H and O–H groups in total. The number of hydrogen-bond donors (Lipinski definition) is 1. The lowest BCUT2D eigenvalue weighted by atomic mass is 10.1. The first-order valence-electron chi connectivity index (χ1n) is 8.72. The molecular weight excluding hydrogens is 416 g/mol. The normalized spacial score (nSPS) is 11.2. The molecule has 0 aliphatic carbocycles. The SMILES string of the molecule is Cc1ccc(-n2nnc(-c3ccccc3)c2/N=C/c2ccc(Br)cc2O)cc1. The van der Waals surface area contributed by atoms with Crippen LogP contribution in [0.15, 0.2) is 82.3 Å². The maximum atomic E-state index is 10.2. The van der Waals surface area contributed by atoms with E-state index in [1.54, 1.807) is 23.0 Å². The Morgan fingerprint density at radius 3 is 2.46 bits per heavy atom. The zero-order valence-electron chi connectivity index (χ0n) is 15.1. The molecule has 138 valence electrons. The molecule has 4 rings (SSSR count). The van der Waals surface area contributed by atoms with Crippen LogP contribution in [-0.2, 0) is 0 Å². The minimum Gasteiger partial charge on any atom is -0.507 e. The van der Waals surface area contributed by atoms with E-state index in [-0.39, 0.29) is 5.75 Å². The molecule has 4 aromatic rings. The van der Waals surface area contributed by atoms with Crippen molar-refractivity contribution in [3.63, 3.8) is 0 Å². The van der Waals surface area contributed by atoms with E-state index in [0.29, 0.717) is 17.1 Å².